The van der Waals surface area contributed by atoms with E-state index in [1.807, 2.05) is 0 Å². The number of piperidine rings is 1. The van der Waals surface area contributed by atoms with Gasteiger partial charge in [0.25, 0.3) is 11.6 Å². The fourth-order valence-corrected chi connectivity index (χ4v) is 2.15. The van der Waals surface area contributed by atoms with E-state index in [4.69, 9.17) is 0 Å². The van der Waals surface area contributed by atoms with Gasteiger partial charge in [-0.05, 0) is 25.0 Å². The molecule has 1 aromatic carbocycles. The molecule has 1 aliphatic rings. The zero-order valence-electron chi connectivity index (χ0n) is 10.1. The topological polar surface area (TPSA) is 83.7 Å². The average molecular weight is 268 g/mol. The van der Waals surface area contributed by atoms with Crippen molar-refractivity contribution < 1.29 is 19.2 Å². The first-order valence-electron chi connectivity index (χ1n) is 5.90. The van der Waals surface area contributed by atoms with E-state index >= 15 is 0 Å². The first-order valence-corrected chi connectivity index (χ1v) is 5.90. The van der Waals surface area contributed by atoms with Gasteiger partial charge < -0.3 is 10.0 Å². The lowest BCUT2D eigenvalue weighted by Gasteiger charge is -2.30. The zero-order valence-corrected chi connectivity index (χ0v) is 10.1. The molecule has 0 aliphatic carbocycles. The summed E-state index contributed by atoms with van der Waals surface area (Å²) in [7, 11) is 0. The number of halogens is 1. The highest BCUT2D eigenvalue weighted by atomic mass is 19.1. The van der Waals surface area contributed by atoms with Gasteiger partial charge in [0.1, 0.15) is 11.4 Å². The number of benzene rings is 1. The predicted octanol–water partition coefficient (Wildman–Crippen LogP) is 1.33. The van der Waals surface area contributed by atoms with Gasteiger partial charge in [0, 0.05) is 19.2 Å². The minimum absolute atomic E-state index is 0.118. The van der Waals surface area contributed by atoms with Crippen molar-refractivity contribution in [3.05, 3.63) is 39.7 Å². The van der Waals surface area contributed by atoms with Crippen LogP contribution in [0.4, 0.5) is 10.1 Å². The second kappa shape index (κ2) is 5.31. The lowest BCUT2D eigenvalue weighted by molar-refractivity contribution is -0.385. The Morgan fingerprint density at radius 3 is 2.89 bits per heavy atom. The molecule has 1 atom stereocenters. The second-order valence-electron chi connectivity index (χ2n) is 4.47. The van der Waals surface area contributed by atoms with Crippen molar-refractivity contribution in [1.29, 1.82) is 0 Å². The van der Waals surface area contributed by atoms with Gasteiger partial charge in [-0.2, -0.15) is 0 Å². The molecule has 0 aromatic heterocycles. The molecule has 1 fully saturated rings. The molecule has 0 radical (unpaired) electrons. The summed E-state index contributed by atoms with van der Waals surface area (Å²) in [5, 5.41) is 20.4. The maximum absolute atomic E-state index is 13.2. The summed E-state index contributed by atoms with van der Waals surface area (Å²) in [6.07, 6.45) is 0.579. The lowest BCUT2D eigenvalue weighted by Crippen LogP contribution is -2.42. The van der Waals surface area contributed by atoms with Crippen molar-refractivity contribution in [2.75, 3.05) is 13.1 Å². The Morgan fingerprint density at radius 2 is 2.26 bits per heavy atom. The first-order chi connectivity index (χ1) is 8.99. The van der Waals surface area contributed by atoms with Crippen LogP contribution < -0.4 is 0 Å². The first kappa shape index (κ1) is 13.4. The van der Waals surface area contributed by atoms with Gasteiger partial charge in [-0.25, -0.2) is 4.39 Å². The Hall–Kier alpha value is -2.02. The van der Waals surface area contributed by atoms with Crippen LogP contribution in [-0.2, 0) is 0 Å². The number of rotatable bonds is 2. The number of amides is 1. The smallest absolute Gasteiger partial charge is 0.282 e. The number of carbonyl (C=O) groups excluding carboxylic acids is 1. The number of nitro benzene ring substituents is 1. The van der Waals surface area contributed by atoms with Crippen molar-refractivity contribution in [3.63, 3.8) is 0 Å². The molecule has 0 unspecified atom stereocenters. The molecule has 2 rings (SSSR count). The van der Waals surface area contributed by atoms with Crippen molar-refractivity contribution in [3.8, 4) is 0 Å². The summed E-state index contributed by atoms with van der Waals surface area (Å²) in [6.45, 7) is 0.524. The van der Waals surface area contributed by atoms with Crippen molar-refractivity contribution in [1.82, 2.24) is 4.90 Å². The normalized spacial score (nSPS) is 19.3. The predicted molar refractivity (Wildman–Crippen MR) is 64.2 cm³/mol. The SMILES string of the molecule is O=C(c1cc(F)ccc1[N+](=O)[O-])N1CCC[C@H](O)C1. The molecule has 0 spiro atoms. The van der Waals surface area contributed by atoms with Crippen LogP contribution in [0.1, 0.15) is 23.2 Å². The molecular weight excluding hydrogens is 255 g/mol. The van der Waals surface area contributed by atoms with Gasteiger partial charge in [0.05, 0.1) is 11.0 Å². The largest absolute Gasteiger partial charge is 0.391 e. The molecule has 19 heavy (non-hydrogen) atoms. The Labute approximate surface area is 108 Å². The summed E-state index contributed by atoms with van der Waals surface area (Å²) >= 11 is 0. The number of carbonyl (C=O) groups is 1. The van der Waals surface area contributed by atoms with Gasteiger partial charge in [0.2, 0.25) is 0 Å². The average Bonchev–Trinajstić information content (AvgIpc) is 2.37. The number of β-amino-alcohol motifs (C(OH)–C–C–N with tert-alkyl or cyclic N) is 1. The number of likely N-dealkylation sites (tertiary alicyclic amines) is 1. The number of nitrogens with zero attached hydrogens (tertiary/aromatic N) is 2. The third-order valence-electron chi connectivity index (χ3n) is 3.07. The van der Waals surface area contributed by atoms with E-state index in [0.717, 1.165) is 18.2 Å². The molecule has 1 aromatic rings. The van der Waals surface area contributed by atoms with E-state index in [9.17, 15) is 24.4 Å². The van der Waals surface area contributed by atoms with Crippen molar-refractivity contribution >= 4 is 11.6 Å². The molecule has 1 aliphatic heterocycles. The summed E-state index contributed by atoms with van der Waals surface area (Å²) in [5.41, 5.74) is -0.703. The lowest BCUT2D eigenvalue weighted by atomic mass is 10.1. The number of hydrogen-bond donors (Lipinski definition) is 1. The maximum atomic E-state index is 13.2. The van der Waals surface area contributed by atoms with Gasteiger partial charge in [-0.1, -0.05) is 0 Å². The van der Waals surface area contributed by atoms with Gasteiger partial charge >= 0.3 is 0 Å². The molecule has 102 valence electrons. The van der Waals surface area contributed by atoms with E-state index in [1.165, 1.54) is 4.90 Å². The summed E-state index contributed by atoms with van der Waals surface area (Å²) < 4.78 is 13.2. The molecule has 0 saturated carbocycles. The van der Waals surface area contributed by atoms with Gasteiger partial charge in [-0.15, -0.1) is 0 Å². The molecule has 1 heterocycles. The Morgan fingerprint density at radius 1 is 1.53 bits per heavy atom. The van der Waals surface area contributed by atoms with Gasteiger partial charge in [0.15, 0.2) is 0 Å². The molecular formula is C12H13FN2O4. The molecule has 1 N–H and O–H groups in total. The third-order valence-corrected chi connectivity index (χ3v) is 3.07. The van der Waals surface area contributed by atoms with Crippen LogP contribution in [0.2, 0.25) is 0 Å². The molecule has 7 heteroatoms. The highest BCUT2D eigenvalue weighted by Gasteiger charge is 2.28. The Bertz CT molecular complexity index is 520. The van der Waals surface area contributed by atoms with E-state index in [-0.39, 0.29) is 12.1 Å². The minimum Gasteiger partial charge on any atom is -0.391 e. The van der Waals surface area contributed by atoms with Crippen LogP contribution in [0.15, 0.2) is 18.2 Å². The fourth-order valence-electron chi connectivity index (χ4n) is 2.15. The Balaban J connectivity index is 2.32. The van der Waals surface area contributed by atoms with E-state index in [1.54, 1.807) is 0 Å². The standard InChI is InChI=1S/C12H13FN2O4/c13-8-3-4-11(15(18)19)10(6-8)12(17)14-5-1-2-9(16)7-14/h3-4,6,9,16H,1-2,5,7H2/t9-/m0/s1. The number of aliphatic hydroxyl groups is 1. The zero-order chi connectivity index (χ0) is 14.0. The highest BCUT2D eigenvalue weighted by Crippen LogP contribution is 2.23. The Kier molecular flexibility index (Phi) is 3.75. The van der Waals surface area contributed by atoms with Crippen LogP contribution in [-0.4, -0.2) is 40.0 Å². The van der Waals surface area contributed by atoms with Crippen LogP contribution in [0.5, 0.6) is 0 Å². The van der Waals surface area contributed by atoms with Crippen molar-refractivity contribution in [2.45, 2.75) is 18.9 Å². The summed E-state index contributed by atoms with van der Waals surface area (Å²) in [6, 6.07) is 2.78. The number of hydrogen-bond acceptors (Lipinski definition) is 4. The summed E-state index contributed by atoms with van der Waals surface area (Å²) in [5.74, 6) is -1.32. The van der Waals surface area contributed by atoms with Crippen LogP contribution in [0, 0.1) is 15.9 Å². The minimum atomic E-state index is -0.715. The van der Waals surface area contributed by atoms with Crippen molar-refractivity contribution in [2.24, 2.45) is 0 Å². The maximum Gasteiger partial charge on any atom is 0.282 e. The number of nitro groups is 1. The monoisotopic (exact) mass is 268 g/mol. The third kappa shape index (κ3) is 2.87. The quantitative estimate of drug-likeness (QED) is 0.648. The summed E-state index contributed by atoms with van der Waals surface area (Å²) in [4.78, 5) is 23.6. The van der Waals surface area contributed by atoms with Crippen LogP contribution in [0.25, 0.3) is 0 Å². The molecule has 0 bridgehead atoms. The van der Waals surface area contributed by atoms with Gasteiger partial charge in [-0.3, -0.25) is 14.9 Å². The van der Waals surface area contributed by atoms with E-state index in [2.05, 4.69) is 0 Å². The second-order valence-corrected chi connectivity index (χ2v) is 4.47. The molecule has 1 saturated heterocycles. The van der Waals surface area contributed by atoms with Crippen LogP contribution >= 0.6 is 0 Å². The fraction of sp³-hybridized carbons (Fsp3) is 0.417. The molecule has 1 amide bonds. The van der Waals surface area contributed by atoms with Crippen LogP contribution in [0.3, 0.4) is 0 Å². The number of aliphatic hydroxyl groups excluding tert-OH is 1. The molecule has 6 nitrogen and oxygen atoms in total. The highest BCUT2D eigenvalue weighted by molar-refractivity contribution is 5.98. The van der Waals surface area contributed by atoms with E-state index < -0.39 is 28.4 Å². The van der Waals surface area contributed by atoms with E-state index in [0.29, 0.717) is 19.4 Å².